The third-order valence-electron chi connectivity index (χ3n) is 3.47. The number of carbonyl (C=O) groups excluding carboxylic acids is 1. The molecule has 8 heteroatoms. The Balaban J connectivity index is 4.61. The van der Waals surface area contributed by atoms with Gasteiger partial charge in [0.15, 0.2) is 6.10 Å². The summed E-state index contributed by atoms with van der Waals surface area (Å²) in [6.07, 6.45) is -3.73. The summed E-state index contributed by atoms with van der Waals surface area (Å²) in [5, 5.41) is 56.0. The van der Waals surface area contributed by atoms with Crippen LogP contribution in [-0.4, -0.2) is 92.2 Å². The van der Waals surface area contributed by atoms with Crippen molar-refractivity contribution < 1.29 is 35.4 Å². The minimum absolute atomic E-state index is 0.00733. The van der Waals surface area contributed by atoms with Crippen molar-refractivity contribution in [1.82, 2.24) is 4.90 Å². The van der Waals surface area contributed by atoms with Crippen LogP contribution in [0.2, 0.25) is 0 Å². The first-order valence-corrected chi connectivity index (χ1v) is 7.63. The standard InChI is InChI=1S/C14H29NO7/c1-2-3-4-5-6-15(7-8-16)14(22)13(21)12(20)11(19)10(18)9-17/h10-13,16-21H,2-9H2,1H3/t10-,11-,12+,13-/m1/s1. The first kappa shape index (κ1) is 21.2. The number of hydrogen-bond donors (Lipinski definition) is 6. The summed E-state index contributed by atoms with van der Waals surface area (Å²) in [4.78, 5) is 13.3. The van der Waals surface area contributed by atoms with E-state index in [9.17, 15) is 25.2 Å². The lowest BCUT2D eigenvalue weighted by molar-refractivity contribution is -0.158. The summed E-state index contributed by atoms with van der Waals surface area (Å²) in [6, 6.07) is 0. The van der Waals surface area contributed by atoms with E-state index >= 15 is 0 Å². The van der Waals surface area contributed by atoms with E-state index in [-0.39, 0.29) is 13.2 Å². The summed E-state index contributed by atoms with van der Waals surface area (Å²) in [7, 11) is 0. The summed E-state index contributed by atoms with van der Waals surface area (Å²) in [5.74, 6) is -0.831. The Labute approximate surface area is 130 Å². The lowest BCUT2D eigenvalue weighted by Gasteiger charge is -2.29. The van der Waals surface area contributed by atoms with E-state index in [1.54, 1.807) is 0 Å². The highest BCUT2D eigenvalue weighted by atomic mass is 16.4. The number of nitrogens with zero attached hydrogens (tertiary/aromatic N) is 1. The van der Waals surface area contributed by atoms with E-state index in [2.05, 4.69) is 0 Å². The van der Waals surface area contributed by atoms with Gasteiger partial charge in [-0.1, -0.05) is 26.2 Å². The second-order valence-corrected chi connectivity index (χ2v) is 5.29. The van der Waals surface area contributed by atoms with Gasteiger partial charge in [-0.3, -0.25) is 4.79 Å². The Kier molecular flexibility index (Phi) is 11.3. The van der Waals surface area contributed by atoms with Gasteiger partial charge in [0, 0.05) is 13.1 Å². The highest BCUT2D eigenvalue weighted by molar-refractivity contribution is 5.81. The molecule has 0 heterocycles. The van der Waals surface area contributed by atoms with Gasteiger partial charge in [0.1, 0.15) is 18.3 Å². The first-order chi connectivity index (χ1) is 10.4. The molecule has 0 radical (unpaired) electrons. The van der Waals surface area contributed by atoms with E-state index in [0.717, 1.165) is 19.3 Å². The van der Waals surface area contributed by atoms with E-state index in [1.165, 1.54) is 4.90 Å². The Hall–Kier alpha value is -0.770. The molecular formula is C14H29NO7. The minimum Gasteiger partial charge on any atom is -0.395 e. The highest BCUT2D eigenvalue weighted by Crippen LogP contribution is 2.10. The zero-order valence-corrected chi connectivity index (χ0v) is 13.0. The monoisotopic (exact) mass is 323 g/mol. The van der Waals surface area contributed by atoms with E-state index in [0.29, 0.717) is 13.0 Å². The molecule has 0 aliphatic carbocycles. The van der Waals surface area contributed by atoms with Gasteiger partial charge in [0.2, 0.25) is 0 Å². The lowest BCUT2D eigenvalue weighted by atomic mass is 10.0. The fraction of sp³-hybridized carbons (Fsp3) is 0.929. The zero-order chi connectivity index (χ0) is 17.1. The van der Waals surface area contributed by atoms with Crippen molar-refractivity contribution in [1.29, 1.82) is 0 Å². The van der Waals surface area contributed by atoms with Crippen molar-refractivity contribution in [3.63, 3.8) is 0 Å². The van der Waals surface area contributed by atoms with Crippen molar-refractivity contribution >= 4 is 5.91 Å². The highest BCUT2D eigenvalue weighted by Gasteiger charge is 2.36. The normalized spacial score (nSPS) is 16.9. The molecule has 0 bridgehead atoms. The molecule has 4 atom stereocenters. The van der Waals surface area contributed by atoms with Gasteiger partial charge in [0.05, 0.1) is 13.2 Å². The number of unbranched alkanes of at least 4 members (excludes halogenated alkanes) is 3. The maximum atomic E-state index is 12.1. The van der Waals surface area contributed by atoms with Crippen LogP contribution >= 0.6 is 0 Å². The van der Waals surface area contributed by atoms with Crippen LogP contribution in [0.25, 0.3) is 0 Å². The van der Waals surface area contributed by atoms with E-state index in [1.807, 2.05) is 6.92 Å². The Morgan fingerprint density at radius 1 is 0.955 bits per heavy atom. The van der Waals surface area contributed by atoms with Crippen molar-refractivity contribution in [2.24, 2.45) is 0 Å². The van der Waals surface area contributed by atoms with Crippen molar-refractivity contribution in [2.45, 2.75) is 57.0 Å². The number of rotatable bonds is 12. The number of carbonyl (C=O) groups is 1. The van der Waals surface area contributed by atoms with Crippen LogP contribution in [0.3, 0.4) is 0 Å². The lowest BCUT2D eigenvalue weighted by Crippen LogP contribution is -2.53. The molecule has 0 aromatic rings. The van der Waals surface area contributed by atoms with E-state index < -0.39 is 36.9 Å². The van der Waals surface area contributed by atoms with Gasteiger partial charge in [-0.25, -0.2) is 0 Å². The number of aliphatic hydroxyl groups is 6. The van der Waals surface area contributed by atoms with Gasteiger partial charge < -0.3 is 35.5 Å². The summed E-state index contributed by atoms with van der Waals surface area (Å²) >= 11 is 0. The molecule has 0 spiro atoms. The average Bonchev–Trinajstić information content (AvgIpc) is 2.54. The quantitative estimate of drug-likeness (QED) is 0.224. The molecule has 0 saturated heterocycles. The second kappa shape index (κ2) is 11.8. The molecule has 0 aromatic carbocycles. The molecule has 0 fully saturated rings. The van der Waals surface area contributed by atoms with Crippen LogP contribution in [-0.2, 0) is 4.79 Å². The zero-order valence-electron chi connectivity index (χ0n) is 13.0. The SMILES string of the molecule is CCCCCCN(CCO)C(=O)[C@H](O)[C@@H](O)[C@H](O)[C@H](O)CO. The molecule has 132 valence electrons. The van der Waals surface area contributed by atoms with Crippen LogP contribution in [0.1, 0.15) is 32.6 Å². The average molecular weight is 323 g/mol. The van der Waals surface area contributed by atoms with Gasteiger partial charge in [0.25, 0.3) is 5.91 Å². The minimum atomic E-state index is -1.94. The summed E-state index contributed by atoms with van der Waals surface area (Å²) in [5.41, 5.74) is 0. The predicted molar refractivity (Wildman–Crippen MR) is 78.9 cm³/mol. The molecule has 22 heavy (non-hydrogen) atoms. The number of amides is 1. The molecule has 1 amide bonds. The predicted octanol–water partition coefficient (Wildman–Crippen LogP) is -2.18. The number of hydrogen-bond acceptors (Lipinski definition) is 7. The van der Waals surface area contributed by atoms with Crippen molar-refractivity contribution in [3.8, 4) is 0 Å². The smallest absolute Gasteiger partial charge is 0.254 e. The molecule has 6 N–H and O–H groups in total. The van der Waals surface area contributed by atoms with Crippen LogP contribution in [0.4, 0.5) is 0 Å². The van der Waals surface area contributed by atoms with Crippen molar-refractivity contribution in [3.05, 3.63) is 0 Å². The third kappa shape index (κ3) is 6.99. The van der Waals surface area contributed by atoms with Gasteiger partial charge in [-0.2, -0.15) is 0 Å². The van der Waals surface area contributed by atoms with Crippen LogP contribution in [0.15, 0.2) is 0 Å². The molecule has 0 unspecified atom stereocenters. The molecule has 0 rings (SSSR count). The first-order valence-electron chi connectivity index (χ1n) is 7.63. The van der Waals surface area contributed by atoms with Crippen LogP contribution in [0, 0.1) is 0 Å². The third-order valence-corrected chi connectivity index (χ3v) is 3.47. The second-order valence-electron chi connectivity index (χ2n) is 5.29. The maximum Gasteiger partial charge on any atom is 0.254 e. The maximum absolute atomic E-state index is 12.1. The topological polar surface area (TPSA) is 142 Å². The molecule has 8 nitrogen and oxygen atoms in total. The largest absolute Gasteiger partial charge is 0.395 e. The Morgan fingerprint density at radius 3 is 2.09 bits per heavy atom. The van der Waals surface area contributed by atoms with Gasteiger partial charge >= 0.3 is 0 Å². The van der Waals surface area contributed by atoms with Gasteiger partial charge in [-0.05, 0) is 6.42 Å². The fourth-order valence-corrected chi connectivity index (χ4v) is 2.04. The van der Waals surface area contributed by atoms with Crippen molar-refractivity contribution in [2.75, 3.05) is 26.3 Å². The number of aliphatic hydroxyl groups excluding tert-OH is 6. The molecule has 0 saturated carbocycles. The molecule has 0 aromatic heterocycles. The Bertz CT molecular complexity index is 303. The van der Waals surface area contributed by atoms with E-state index in [4.69, 9.17) is 10.2 Å². The molecule has 0 aliphatic rings. The molecule has 0 aliphatic heterocycles. The summed E-state index contributed by atoms with van der Waals surface area (Å²) < 4.78 is 0. The van der Waals surface area contributed by atoms with Gasteiger partial charge in [-0.15, -0.1) is 0 Å². The Morgan fingerprint density at radius 2 is 1.59 bits per heavy atom. The van der Waals surface area contributed by atoms with Crippen LogP contribution < -0.4 is 0 Å². The van der Waals surface area contributed by atoms with Crippen LogP contribution in [0.5, 0.6) is 0 Å². The fourth-order valence-electron chi connectivity index (χ4n) is 2.04. The molecular weight excluding hydrogens is 294 g/mol. The summed E-state index contributed by atoms with van der Waals surface area (Å²) in [6.45, 7) is 1.28.